The van der Waals surface area contributed by atoms with E-state index in [-0.39, 0.29) is 23.6 Å². The molecule has 4 aromatic carbocycles. The second kappa shape index (κ2) is 15.2. The molecule has 0 spiro atoms. The number of sulfonamides is 1. The van der Waals surface area contributed by atoms with Crippen LogP contribution in [0.1, 0.15) is 32.6 Å². The number of para-hydroxylation sites is 1. The first-order chi connectivity index (χ1) is 24.5. The highest BCUT2D eigenvalue weighted by molar-refractivity contribution is 7.90. The Morgan fingerprint density at radius 2 is 1.49 bits per heavy atom. The highest BCUT2D eigenvalue weighted by atomic mass is 32.2. The van der Waals surface area contributed by atoms with E-state index in [1.54, 1.807) is 54.9 Å². The molecule has 0 fully saturated rings. The number of hydrogen-bond acceptors (Lipinski definition) is 6. The molecule has 0 aliphatic rings. The lowest BCUT2D eigenvalue weighted by Gasteiger charge is -2.29. The Labute approximate surface area is 301 Å². The van der Waals surface area contributed by atoms with E-state index in [0.29, 0.717) is 11.1 Å². The minimum Gasteiger partial charge on any atom is -0.361 e. The molecule has 0 radical (unpaired) electrons. The Balaban J connectivity index is 1.33. The Bertz CT molecular complexity index is 2260. The standard InChI is InChI=1S/C40H38N4O5S2/c1-26-20-27(2)22-30(21-26)40(47)44(3)36(23-28-15-17-29(18-16-28)37-14-9-19-50-37)39(46)42-35(24-31-25-41-34-13-8-7-12-33(31)34)38(45)43-51(48,49)32-10-5-4-6-11-32/h4-22,25,35-36,41H,23-24H2,1-3H3,(H,42,46)(H,43,45). The Morgan fingerprint density at radius 1 is 0.804 bits per heavy atom. The number of aromatic amines is 1. The summed E-state index contributed by atoms with van der Waals surface area (Å²) < 4.78 is 28.6. The van der Waals surface area contributed by atoms with Crippen LogP contribution in [0.4, 0.5) is 0 Å². The molecule has 2 unspecified atom stereocenters. The summed E-state index contributed by atoms with van der Waals surface area (Å²) >= 11 is 1.62. The maximum atomic E-state index is 14.4. The van der Waals surface area contributed by atoms with E-state index in [4.69, 9.17) is 0 Å². The van der Waals surface area contributed by atoms with Crippen LogP contribution >= 0.6 is 11.3 Å². The minimum atomic E-state index is -4.25. The molecule has 3 N–H and O–H groups in total. The van der Waals surface area contributed by atoms with Crippen LogP contribution in [-0.2, 0) is 32.5 Å². The van der Waals surface area contributed by atoms with Gasteiger partial charge in [-0.25, -0.2) is 13.1 Å². The van der Waals surface area contributed by atoms with Crippen LogP contribution in [0, 0.1) is 13.8 Å². The van der Waals surface area contributed by atoms with Crippen molar-refractivity contribution in [2.75, 3.05) is 7.05 Å². The van der Waals surface area contributed by atoms with Crippen molar-refractivity contribution in [2.24, 2.45) is 0 Å². The van der Waals surface area contributed by atoms with Crippen LogP contribution < -0.4 is 10.0 Å². The van der Waals surface area contributed by atoms with E-state index >= 15 is 0 Å². The number of aromatic nitrogens is 1. The quantitative estimate of drug-likeness (QED) is 0.134. The van der Waals surface area contributed by atoms with Crippen LogP contribution in [0.15, 0.2) is 126 Å². The first kappa shape index (κ1) is 35.3. The zero-order chi connectivity index (χ0) is 36.1. The zero-order valence-electron chi connectivity index (χ0n) is 28.4. The molecule has 6 rings (SSSR count). The average molecular weight is 719 g/mol. The monoisotopic (exact) mass is 718 g/mol. The summed E-state index contributed by atoms with van der Waals surface area (Å²) in [4.78, 5) is 47.8. The molecule has 260 valence electrons. The number of carbonyl (C=O) groups is 3. The average Bonchev–Trinajstić information content (AvgIpc) is 3.81. The number of amides is 3. The van der Waals surface area contributed by atoms with Gasteiger partial charge in [0.2, 0.25) is 5.91 Å². The second-order valence-corrected chi connectivity index (χ2v) is 15.2. The van der Waals surface area contributed by atoms with Crippen LogP contribution in [0.3, 0.4) is 0 Å². The van der Waals surface area contributed by atoms with Gasteiger partial charge in [-0.3, -0.25) is 14.4 Å². The number of H-pyrrole nitrogens is 1. The van der Waals surface area contributed by atoms with Gasteiger partial charge in [0.15, 0.2) is 0 Å². The van der Waals surface area contributed by atoms with Gasteiger partial charge in [0.1, 0.15) is 12.1 Å². The summed E-state index contributed by atoms with van der Waals surface area (Å²) in [5, 5.41) is 5.67. The second-order valence-electron chi connectivity index (χ2n) is 12.6. The molecule has 2 heterocycles. The minimum absolute atomic E-state index is 0.0110. The summed E-state index contributed by atoms with van der Waals surface area (Å²) in [5.74, 6) is -1.86. The number of aryl methyl sites for hydroxylation is 2. The third-order valence-corrected chi connectivity index (χ3v) is 11.0. The van der Waals surface area contributed by atoms with Gasteiger partial charge >= 0.3 is 0 Å². The van der Waals surface area contributed by atoms with Gasteiger partial charge in [0.25, 0.3) is 21.8 Å². The van der Waals surface area contributed by atoms with Gasteiger partial charge in [0.05, 0.1) is 4.90 Å². The molecule has 0 aliphatic carbocycles. The van der Waals surface area contributed by atoms with Crippen molar-refractivity contribution >= 4 is 50.0 Å². The molecule has 0 bridgehead atoms. The van der Waals surface area contributed by atoms with Crippen molar-refractivity contribution in [2.45, 2.75) is 43.7 Å². The molecule has 11 heteroatoms. The highest BCUT2D eigenvalue weighted by Crippen LogP contribution is 2.26. The third kappa shape index (κ3) is 8.28. The fourth-order valence-electron chi connectivity index (χ4n) is 6.18. The normalized spacial score (nSPS) is 12.6. The number of fused-ring (bicyclic) bond motifs is 1. The predicted octanol–water partition coefficient (Wildman–Crippen LogP) is 6.43. The van der Waals surface area contributed by atoms with Gasteiger partial charge in [-0.1, -0.05) is 83.9 Å². The lowest BCUT2D eigenvalue weighted by Crippen LogP contribution is -2.56. The van der Waals surface area contributed by atoms with Gasteiger partial charge < -0.3 is 15.2 Å². The Kier molecular flexibility index (Phi) is 10.5. The molecule has 0 aliphatic heterocycles. The van der Waals surface area contributed by atoms with Crippen molar-refractivity contribution in [1.82, 2.24) is 19.9 Å². The van der Waals surface area contributed by atoms with Gasteiger partial charge in [0, 0.05) is 47.4 Å². The lowest BCUT2D eigenvalue weighted by molar-refractivity contribution is -0.130. The van der Waals surface area contributed by atoms with Crippen molar-refractivity contribution in [3.63, 3.8) is 0 Å². The maximum Gasteiger partial charge on any atom is 0.264 e. The van der Waals surface area contributed by atoms with E-state index in [9.17, 15) is 22.8 Å². The van der Waals surface area contributed by atoms with E-state index in [1.165, 1.54) is 17.0 Å². The SMILES string of the molecule is Cc1cc(C)cc(C(=O)N(C)C(Cc2ccc(-c3cccs3)cc2)C(=O)NC(Cc2c[nH]c3ccccc23)C(=O)NS(=O)(=O)c2ccccc2)c1. The summed E-state index contributed by atoms with van der Waals surface area (Å²) in [7, 11) is -2.68. The maximum absolute atomic E-state index is 14.4. The molecule has 9 nitrogen and oxygen atoms in total. The van der Waals surface area contributed by atoms with Crippen LogP contribution in [0.25, 0.3) is 21.3 Å². The number of nitrogens with one attached hydrogen (secondary N) is 3. The van der Waals surface area contributed by atoms with Crippen molar-refractivity contribution in [3.05, 3.63) is 149 Å². The van der Waals surface area contributed by atoms with Crippen LogP contribution in [-0.4, -0.2) is 55.2 Å². The number of benzene rings is 4. The zero-order valence-corrected chi connectivity index (χ0v) is 30.1. The molecule has 0 saturated heterocycles. The van der Waals surface area contributed by atoms with E-state index in [2.05, 4.69) is 15.0 Å². The topological polar surface area (TPSA) is 128 Å². The number of hydrogen-bond donors (Lipinski definition) is 3. The fraction of sp³-hybridized carbons (Fsp3) is 0.175. The summed E-state index contributed by atoms with van der Waals surface area (Å²) in [5.41, 5.74) is 5.63. The summed E-state index contributed by atoms with van der Waals surface area (Å²) in [6.07, 6.45) is 1.88. The summed E-state index contributed by atoms with van der Waals surface area (Å²) in [6, 6.07) is 30.1. The van der Waals surface area contributed by atoms with E-state index < -0.39 is 33.9 Å². The predicted molar refractivity (Wildman–Crippen MR) is 201 cm³/mol. The molecule has 3 amide bonds. The van der Waals surface area contributed by atoms with Gasteiger partial charge in [-0.05, 0) is 72.3 Å². The molecule has 2 atom stereocenters. The Hall–Kier alpha value is -5.52. The molecule has 6 aromatic rings. The third-order valence-electron chi connectivity index (χ3n) is 8.77. The first-order valence-corrected chi connectivity index (χ1v) is 18.8. The van der Waals surface area contributed by atoms with Crippen LogP contribution in [0.5, 0.6) is 0 Å². The lowest BCUT2D eigenvalue weighted by atomic mass is 9.99. The van der Waals surface area contributed by atoms with Gasteiger partial charge in [-0.2, -0.15) is 0 Å². The fourth-order valence-corrected chi connectivity index (χ4v) is 7.95. The van der Waals surface area contributed by atoms with E-state index in [0.717, 1.165) is 38.0 Å². The van der Waals surface area contributed by atoms with Gasteiger partial charge in [-0.15, -0.1) is 11.3 Å². The number of likely N-dealkylation sites (N-methyl/N-ethyl adjacent to an activating group) is 1. The molecular weight excluding hydrogens is 681 g/mol. The highest BCUT2D eigenvalue weighted by Gasteiger charge is 2.33. The largest absolute Gasteiger partial charge is 0.361 e. The summed E-state index contributed by atoms with van der Waals surface area (Å²) in [6.45, 7) is 3.81. The molecular formula is C40H38N4O5S2. The number of nitrogens with zero attached hydrogens (tertiary/aromatic N) is 1. The number of carbonyl (C=O) groups excluding carboxylic acids is 3. The van der Waals surface area contributed by atoms with Crippen LogP contribution in [0.2, 0.25) is 0 Å². The molecule has 2 aromatic heterocycles. The first-order valence-electron chi connectivity index (χ1n) is 16.4. The van der Waals surface area contributed by atoms with Crippen molar-refractivity contribution in [1.29, 1.82) is 0 Å². The number of rotatable bonds is 12. The van der Waals surface area contributed by atoms with E-state index in [1.807, 2.05) is 86.0 Å². The number of thiophene rings is 1. The Morgan fingerprint density at radius 3 is 2.18 bits per heavy atom. The smallest absolute Gasteiger partial charge is 0.264 e. The van der Waals surface area contributed by atoms with Crippen molar-refractivity contribution in [3.8, 4) is 10.4 Å². The van der Waals surface area contributed by atoms with Crippen molar-refractivity contribution < 1.29 is 22.8 Å². The molecule has 51 heavy (non-hydrogen) atoms. The molecule has 0 saturated carbocycles.